The molecule has 0 radical (unpaired) electrons. The highest BCUT2D eigenvalue weighted by atomic mass is 16.5. The number of aromatic hydroxyl groups is 3. The van der Waals surface area contributed by atoms with Crippen LogP contribution in [0.3, 0.4) is 0 Å². The fraction of sp³-hybridized carbons (Fsp3) is 0.125. The largest absolute Gasteiger partial charge is 0.508 e. The number of carboxylic acids is 1. The summed E-state index contributed by atoms with van der Waals surface area (Å²) in [5.74, 6) is -3.93. The lowest BCUT2D eigenvalue weighted by Gasteiger charge is -2.13. The van der Waals surface area contributed by atoms with E-state index < -0.39 is 34.4 Å². The summed E-state index contributed by atoms with van der Waals surface area (Å²) >= 11 is 0. The van der Waals surface area contributed by atoms with Crippen LogP contribution in [0.25, 0.3) is 0 Å². The van der Waals surface area contributed by atoms with E-state index in [-0.39, 0.29) is 17.1 Å². The van der Waals surface area contributed by atoms with Crippen molar-refractivity contribution in [3.05, 3.63) is 46.5 Å². The summed E-state index contributed by atoms with van der Waals surface area (Å²) in [6.07, 6.45) is 0. The Morgan fingerprint density at radius 3 is 2.13 bits per heavy atom. The molecular weight excluding hydrogens is 304 g/mol. The van der Waals surface area contributed by atoms with Crippen LogP contribution in [0.2, 0.25) is 0 Å². The average Bonchev–Trinajstić information content (AvgIpc) is 2.44. The number of carbonyl (C=O) groups is 2. The number of phenols is 3. The van der Waals surface area contributed by atoms with Gasteiger partial charge in [-0.05, 0) is 24.6 Å². The molecule has 7 nitrogen and oxygen atoms in total. The fourth-order valence-electron chi connectivity index (χ4n) is 2.28. The molecule has 0 fully saturated rings. The maximum Gasteiger partial charge on any atom is 0.336 e. The number of methoxy groups -OCH3 is 1. The molecule has 0 unspecified atom stereocenters. The lowest BCUT2D eigenvalue weighted by molar-refractivity contribution is 0.0691. The third-order valence-electron chi connectivity index (χ3n) is 3.23. The number of ether oxygens (including phenoxy) is 1. The predicted molar refractivity (Wildman–Crippen MR) is 79.6 cm³/mol. The Kier molecular flexibility index (Phi) is 4.13. The Balaban J connectivity index is 2.75. The van der Waals surface area contributed by atoms with Crippen LogP contribution in [0, 0.1) is 6.92 Å². The number of benzene rings is 2. The van der Waals surface area contributed by atoms with Gasteiger partial charge in [0.05, 0.1) is 18.2 Å². The van der Waals surface area contributed by atoms with E-state index in [1.54, 1.807) is 6.92 Å². The van der Waals surface area contributed by atoms with E-state index >= 15 is 0 Å². The Labute approximate surface area is 131 Å². The van der Waals surface area contributed by atoms with Crippen LogP contribution in [0.15, 0.2) is 24.3 Å². The van der Waals surface area contributed by atoms with Crippen LogP contribution in [0.5, 0.6) is 23.0 Å². The van der Waals surface area contributed by atoms with Gasteiger partial charge in [-0.25, -0.2) is 4.79 Å². The number of aromatic carboxylic acids is 1. The van der Waals surface area contributed by atoms with Crippen LogP contribution < -0.4 is 4.74 Å². The summed E-state index contributed by atoms with van der Waals surface area (Å²) in [7, 11) is 1.22. The van der Waals surface area contributed by atoms with Gasteiger partial charge in [0, 0.05) is 12.1 Å². The number of phenolic OH excluding ortho intramolecular Hbond substituents is 3. The zero-order chi connectivity index (χ0) is 17.3. The predicted octanol–water partition coefficient (Wildman–Crippen LogP) is 2.05. The molecule has 23 heavy (non-hydrogen) atoms. The molecule has 0 heterocycles. The van der Waals surface area contributed by atoms with Gasteiger partial charge in [-0.1, -0.05) is 0 Å². The Hall–Kier alpha value is -3.22. The van der Waals surface area contributed by atoms with Gasteiger partial charge in [0.25, 0.3) is 0 Å². The van der Waals surface area contributed by atoms with Gasteiger partial charge in [0.2, 0.25) is 5.78 Å². The minimum absolute atomic E-state index is 0.149. The molecule has 2 aromatic rings. The third kappa shape index (κ3) is 2.89. The molecule has 0 aliphatic rings. The van der Waals surface area contributed by atoms with Crippen molar-refractivity contribution in [1.29, 1.82) is 0 Å². The molecule has 120 valence electrons. The van der Waals surface area contributed by atoms with Gasteiger partial charge in [0.1, 0.15) is 28.6 Å². The number of carbonyl (C=O) groups excluding carboxylic acids is 1. The second kappa shape index (κ2) is 5.88. The Morgan fingerprint density at radius 2 is 1.57 bits per heavy atom. The third-order valence-corrected chi connectivity index (χ3v) is 3.23. The summed E-state index contributed by atoms with van der Waals surface area (Å²) in [5, 5.41) is 38.6. The Bertz CT molecular complexity index is 809. The summed E-state index contributed by atoms with van der Waals surface area (Å²) in [6.45, 7) is 1.57. The molecule has 2 aromatic carbocycles. The molecular formula is C16H14O7. The molecule has 0 aliphatic carbocycles. The molecule has 0 aromatic heterocycles. The van der Waals surface area contributed by atoms with Crippen molar-refractivity contribution in [3.8, 4) is 23.0 Å². The highest BCUT2D eigenvalue weighted by Crippen LogP contribution is 2.37. The van der Waals surface area contributed by atoms with Crippen molar-refractivity contribution in [3.63, 3.8) is 0 Å². The number of aryl methyl sites for hydroxylation is 1. The second-order valence-electron chi connectivity index (χ2n) is 4.88. The molecule has 7 heteroatoms. The van der Waals surface area contributed by atoms with Crippen molar-refractivity contribution in [2.75, 3.05) is 7.11 Å². The van der Waals surface area contributed by atoms with Crippen LogP contribution in [-0.2, 0) is 0 Å². The highest BCUT2D eigenvalue weighted by molar-refractivity contribution is 6.18. The first kappa shape index (κ1) is 16.2. The van der Waals surface area contributed by atoms with Crippen molar-refractivity contribution in [2.45, 2.75) is 6.92 Å². The number of hydrogen-bond donors (Lipinski definition) is 4. The van der Waals surface area contributed by atoms with Gasteiger partial charge < -0.3 is 25.2 Å². The van der Waals surface area contributed by atoms with Gasteiger partial charge in [-0.2, -0.15) is 0 Å². The first-order valence-electron chi connectivity index (χ1n) is 6.47. The average molecular weight is 318 g/mol. The van der Waals surface area contributed by atoms with Crippen LogP contribution in [0.1, 0.15) is 31.8 Å². The van der Waals surface area contributed by atoms with Crippen LogP contribution in [0.4, 0.5) is 0 Å². The maximum absolute atomic E-state index is 12.7. The molecule has 0 amide bonds. The number of rotatable bonds is 4. The Morgan fingerprint density at radius 1 is 0.957 bits per heavy atom. The van der Waals surface area contributed by atoms with Gasteiger partial charge in [-0.3, -0.25) is 4.79 Å². The van der Waals surface area contributed by atoms with Crippen LogP contribution in [-0.4, -0.2) is 39.3 Å². The standard InChI is InChI=1S/C16H14O7/c1-7-3-9(16(21)22)13(10(18)4-7)15(20)14-11(19)5-8(17)6-12(14)23-2/h3-6,17-19H,1-2H3,(H,21,22). The van der Waals surface area contributed by atoms with E-state index in [0.29, 0.717) is 5.56 Å². The normalized spacial score (nSPS) is 10.3. The lowest BCUT2D eigenvalue weighted by Crippen LogP contribution is -2.12. The molecule has 0 aliphatic heterocycles. The molecule has 2 rings (SSSR count). The van der Waals surface area contributed by atoms with Crippen molar-refractivity contribution in [2.24, 2.45) is 0 Å². The smallest absolute Gasteiger partial charge is 0.336 e. The summed E-state index contributed by atoms with van der Waals surface area (Å²) in [4.78, 5) is 24.0. The molecule has 0 bridgehead atoms. The van der Waals surface area contributed by atoms with Crippen molar-refractivity contribution in [1.82, 2.24) is 0 Å². The van der Waals surface area contributed by atoms with Crippen LogP contribution >= 0.6 is 0 Å². The SMILES string of the molecule is COc1cc(O)cc(O)c1C(=O)c1c(O)cc(C)cc1C(=O)O. The molecule has 0 saturated heterocycles. The topological polar surface area (TPSA) is 124 Å². The van der Waals surface area contributed by atoms with E-state index in [1.807, 2.05) is 0 Å². The second-order valence-corrected chi connectivity index (χ2v) is 4.88. The number of ketones is 1. The molecule has 0 spiro atoms. The highest BCUT2D eigenvalue weighted by Gasteiger charge is 2.27. The number of carboxylic acid groups (broad SMARTS) is 1. The fourth-order valence-corrected chi connectivity index (χ4v) is 2.28. The van der Waals surface area contributed by atoms with E-state index in [2.05, 4.69) is 0 Å². The molecule has 4 N–H and O–H groups in total. The number of hydrogen-bond acceptors (Lipinski definition) is 6. The minimum Gasteiger partial charge on any atom is -0.508 e. The zero-order valence-electron chi connectivity index (χ0n) is 12.3. The van der Waals surface area contributed by atoms with E-state index in [4.69, 9.17) is 4.74 Å². The monoisotopic (exact) mass is 318 g/mol. The molecule has 0 atom stereocenters. The maximum atomic E-state index is 12.7. The molecule has 0 saturated carbocycles. The quantitative estimate of drug-likeness (QED) is 0.636. The lowest BCUT2D eigenvalue weighted by atomic mass is 9.94. The van der Waals surface area contributed by atoms with Crippen molar-refractivity contribution >= 4 is 11.8 Å². The van der Waals surface area contributed by atoms with E-state index in [1.165, 1.54) is 19.2 Å². The van der Waals surface area contributed by atoms with Gasteiger partial charge in [-0.15, -0.1) is 0 Å². The van der Waals surface area contributed by atoms with Gasteiger partial charge in [0.15, 0.2) is 0 Å². The first-order valence-corrected chi connectivity index (χ1v) is 6.47. The minimum atomic E-state index is -1.40. The van der Waals surface area contributed by atoms with Crippen molar-refractivity contribution < 1.29 is 34.8 Å². The van der Waals surface area contributed by atoms with E-state index in [0.717, 1.165) is 12.1 Å². The summed E-state index contributed by atoms with van der Waals surface area (Å²) in [5.41, 5.74) is -0.769. The van der Waals surface area contributed by atoms with Gasteiger partial charge >= 0.3 is 5.97 Å². The van der Waals surface area contributed by atoms with E-state index in [9.17, 15) is 30.0 Å². The summed E-state index contributed by atoms with van der Waals surface area (Å²) < 4.78 is 4.94. The first-order chi connectivity index (χ1) is 10.8. The zero-order valence-corrected chi connectivity index (χ0v) is 12.3. The summed E-state index contributed by atoms with van der Waals surface area (Å²) in [6, 6.07) is 4.49.